The maximum absolute atomic E-state index is 12.8. The lowest BCUT2D eigenvalue weighted by atomic mass is 9.88. The fourth-order valence-corrected chi connectivity index (χ4v) is 5.35. The molecule has 3 aliphatic rings. The number of aromatic nitrogens is 1. The summed E-state index contributed by atoms with van der Waals surface area (Å²) in [6, 6.07) is 10.5. The number of likely N-dealkylation sites (N-methyl/N-ethyl adjacent to an activating group) is 1. The van der Waals surface area contributed by atoms with Crippen LogP contribution in [0.25, 0.3) is 5.57 Å². The predicted molar refractivity (Wildman–Crippen MR) is 132 cm³/mol. The highest BCUT2D eigenvalue weighted by molar-refractivity contribution is 6.30. The van der Waals surface area contributed by atoms with Gasteiger partial charge in [-0.15, -0.1) is 0 Å². The fourth-order valence-electron chi connectivity index (χ4n) is 5.16. The molecule has 0 bridgehead atoms. The van der Waals surface area contributed by atoms with Crippen molar-refractivity contribution in [2.45, 2.75) is 25.7 Å². The van der Waals surface area contributed by atoms with E-state index in [9.17, 15) is 4.79 Å². The first-order valence-electron chi connectivity index (χ1n) is 12.0. The summed E-state index contributed by atoms with van der Waals surface area (Å²) in [7, 11) is 2.14. The average molecular weight is 466 g/mol. The lowest BCUT2D eigenvalue weighted by Crippen LogP contribution is -2.51. The molecule has 2 aliphatic heterocycles. The molecule has 7 heteroatoms. The Morgan fingerprint density at radius 2 is 1.76 bits per heavy atom. The Kier molecular flexibility index (Phi) is 6.67. The summed E-state index contributed by atoms with van der Waals surface area (Å²) >= 11 is 6.33. The summed E-state index contributed by atoms with van der Waals surface area (Å²) in [5, 5.41) is 3.91. The third-order valence-corrected chi connectivity index (χ3v) is 7.42. The Labute approximate surface area is 201 Å². The van der Waals surface area contributed by atoms with Crippen LogP contribution >= 0.6 is 11.6 Å². The highest BCUT2D eigenvalue weighted by Gasteiger charge is 2.26. The van der Waals surface area contributed by atoms with Crippen LogP contribution in [0.3, 0.4) is 0 Å². The summed E-state index contributed by atoms with van der Waals surface area (Å²) in [5.41, 5.74) is 7.58. The van der Waals surface area contributed by atoms with Crippen molar-refractivity contribution < 1.29 is 4.79 Å². The van der Waals surface area contributed by atoms with Crippen molar-refractivity contribution in [1.82, 2.24) is 25.0 Å². The van der Waals surface area contributed by atoms with Gasteiger partial charge in [-0.25, -0.2) is 4.79 Å². The minimum absolute atomic E-state index is 0.0459. The van der Waals surface area contributed by atoms with E-state index in [4.69, 9.17) is 16.6 Å². The van der Waals surface area contributed by atoms with E-state index in [1.165, 1.54) is 27.8 Å². The molecular formula is C26H32ClN5O. The molecule has 0 atom stereocenters. The van der Waals surface area contributed by atoms with Crippen molar-refractivity contribution in [1.29, 1.82) is 0 Å². The van der Waals surface area contributed by atoms with Crippen LogP contribution < -0.4 is 5.32 Å². The Balaban J connectivity index is 1.32. The number of amides is 2. The maximum Gasteiger partial charge on any atom is 0.318 e. The van der Waals surface area contributed by atoms with Gasteiger partial charge in [-0.3, -0.25) is 9.88 Å². The molecule has 0 spiro atoms. The van der Waals surface area contributed by atoms with E-state index in [1.807, 2.05) is 23.2 Å². The molecule has 2 amide bonds. The van der Waals surface area contributed by atoms with E-state index < -0.39 is 0 Å². The molecule has 0 saturated carbocycles. The summed E-state index contributed by atoms with van der Waals surface area (Å²) in [4.78, 5) is 24.2. The average Bonchev–Trinajstić information content (AvgIpc) is 3.00. The third kappa shape index (κ3) is 4.93. The number of pyridine rings is 1. The molecule has 174 valence electrons. The van der Waals surface area contributed by atoms with Gasteiger partial charge in [0.05, 0.1) is 12.4 Å². The summed E-state index contributed by atoms with van der Waals surface area (Å²) in [6.07, 6.45) is 5.56. The van der Waals surface area contributed by atoms with Gasteiger partial charge in [0.25, 0.3) is 0 Å². The number of nitrogens with zero attached hydrogens (tertiary/aromatic N) is 4. The molecule has 3 heterocycles. The van der Waals surface area contributed by atoms with Crippen molar-refractivity contribution in [3.63, 3.8) is 0 Å². The molecule has 1 aromatic carbocycles. The number of aryl methyl sites for hydroxylation is 2. The maximum atomic E-state index is 12.8. The second-order valence-electron chi connectivity index (χ2n) is 9.34. The number of hydrogen-bond acceptors (Lipinski definition) is 4. The number of piperazine rings is 1. The number of rotatable bonds is 2. The molecule has 2 saturated heterocycles. The van der Waals surface area contributed by atoms with Gasteiger partial charge in [0.2, 0.25) is 0 Å². The van der Waals surface area contributed by atoms with E-state index in [2.05, 4.69) is 40.4 Å². The van der Waals surface area contributed by atoms with Crippen LogP contribution in [0.5, 0.6) is 0 Å². The number of fused-ring (bicyclic) bond motifs is 2. The molecule has 5 rings (SSSR count). The van der Waals surface area contributed by atoms with Gasteiger partial charge in [-0.05, 0) is 67.6 Å². The van der Waals surface area contributed by atoms with Crippen LogP contribution in [0.1, 0.15) is 35.2 Å². The van der Waals surface area contributed by atoms with Crippen molar-refractivity contribution in [2.75, 3.05) is 53.0 Å². The molecule has 1 N–H and O–H groups in total. The summed E-state index contributed by atoms with van der Waals surface area (Å²) < 4.78 is 0. The zero-order valence-electron chi connectivity index (χ0n) is 19.3. The number of urea groups is 1. The standard InChI is InChI=1S/C26H32ClN5O/c1-30-13-15-31(16-14-30)18-29-26(33)32-11-8-19(9-12-32)24-23-7-6-22(27)17-21(23)5-4-20-3-2-10-28-25(20)24/h2-3,6-7,10,17H,4-5,8-9,11-16,18H2,1H3,(H,29,33). The smallest absolute Gasteiger partial charge is 0.318 e. The van der Waals surface area contributed by atoms with E-state index in [1.54, 1.807) is 0 Å². The normalized spacial score (nSPS) is 19.6. The van der Waals surface area contributed by atoms with Crippen LogP contribution in [0.15, 0.2) is 42.1 Å². The van der Waals surface area contributed by atoms with E-state index in [0.717, 1.165) is 75.7 Å². The summed E-state index contributed by atoms with van der Waals surface area (Å²) in [6.45, 7) is 6.21. The topological polar surface area (TPSA) is 51.7 Å². The van der Waals surface area contributed by atoms with Crippen molar-refractivity contribution >= 4 is 23.2 Å². The molecule has 0 radical (unpaired) electrons. The first-order chi connectivity index (χ1) is 16.1. The van der Waals surface area contributed by atoms with Crippen molar-refractivity contribution in [3.05, 3.63) is 69.5 Å². The molecule has 1 aliphatic carbocycles. The van der Waals surface area contributed by atoms with Crippen LogP contribution in [-0.4, -0.2) is 78.7 Å². The molecule has 2 aromatic rings. The highest BCUT2D eigenvalue weighted by Crippen LogP contribution is 2.38. The fraction of sp³-hybridized carbons (Fsp3) is 0.462. The lowest BCUT2D eigenvalue weighted by molar-refractivity contribution is 0.138. The molecule has 2 fully saturated rings. The Morgan fingerprint density at radius 3 is 2.55 bits per heavy atom. The van der Waals surface area contributed by atoms with Gasteiger partial charge in [0, 0.05) is 56.1 Å². The molecular weight excluding hydrogens is 434 g/mol. The van der Waals surface area contributed by atoms with Gasteiger partial charge >= 0.3 is 6.03 Å². The van der Waals surface area contributed by atoms with Gasteiger partial charge in [0.15, 0.2) is 0 Å². The number of hydrogen-bond donors (Lipinski definition) is 1. The second-order valence-corrected chi connectivity index (χ2v) is 9.78. The second kappa shape index (κ2) is 9.84. The molecule has 6 nitrogen and oxygen atoms in total. The summed E-state index contributed by atoms with van der Waals surface area (Å²) in [5.74, 6) is 0. The Bertz CT molecular complexity index is 1050. The quantitative estimate of drug-likeness (QED) is 0.735. The minimum atomic E-state index is 0.0459. The zero-order chi connectivity index (χ0) is 22.8. The number of likely N-dealkylation sites (tertiary alicyclic amines) is 1. The zero-order valence-corrected chi connectivity index (χ0v) is 20.1. The Hall–Kier alpha value is -2.41. The highest BCUT2D eigenvalue weighted by atomic mass is 35.5. The molecule has 33 heavy (non-hydrogen) atoms. The lowest BCUT2D eigenvalue weighted by Gasteiger charge is -2.34. The predicted octanol–water partition coefficient (Wildman–Crippen LogP) is 3.65. The van der Waals surface area contributed by atoms with Crippen molar-refractivity contribution in [2.24, 2.45) is 0 Å². The number of benzene rings is 1. The van der Waals surface area contributed by atoms with Gasteiger partial charge in [0.1, 0.15) is 0 Å². The number of carbonyl (C=O) groups excluding carboxylic acids is 1. The number of piperidine rings is 1. The monoisotopic (exact) mass is 465 g/mol. The molecule has 1 aromatic heterocycles. The van der Waals surface area contributed by atoms with Crippen LogP contribution in [0.2, 0.25) is 5.02 Å². The van der Waals surface area contributed by atoms with Gasteiger partial charge < -0.3 is 15.1 Å². The Morgan fingerprint density at radius 1 is 1.00 bits per heavy atom. The number of halogens is 1. The van der Waals surface area contributed by atoms with Crippen LogP contribution in [0, 0.1) is 0 Å². The number of carbonyl (C=O) groups is 1. The first kappa shape index (κ1) is 22.4. The van der Waals surface area contributed by atoms with Crippen LogP contribution in [0.4, 0.5) is 4.79 Å². The van der Waals surface area contributed by atoms with Gasteiger partial charge in [-0.2, -0.15) is 0 Å². The largest absolute Gasteiger partial charge is 0.325 e. The van der Waals surface area contributed by atoms with E-state index in [0.29, 0.717) is 6.67 Å². The van der Waals surface area contributed by atoms with Crippen LogP contribution in [-0.2, 0) is 12.8 Å². The van der Waals surface area contributed by atoms with E-state index >= 15 is 0 Å². The van der Waals surface area contributed by atoms with Gasteiger partial charge in [-0.1, -0.05) is 29.3 Å². The van der Waals surface area contributed by atoms with Crippen molar-refractivity contribution in [3.8, 4) is 0 Å². The van der Waals surface area contributed by atoms with E-state index in [-0.39, 0.29) is 6.03 Å². The molecule has 0 unspecified atom stereocenters. The number of nitrogens with one attached hydrogen (secondary N) is 1. The minimum Gasteiger partial charge on any atom is -0.325 e. The third-order valence-electron chi connectivity index (χ3n) is 7.19. The SMILES string of the molecule is CN1CCN(CNC(=O)N2CCC(=C3c4ccc(Cl)cc4CCc4cccnc43)CC2)CC1. The first-order valence-corrected chi connectivity index (χ1v) is 12.3.